The summed E-state index contributed by atoms with van der Waals surface area (Å²) in [4.78, 5) is 52.7. The Balaban J connectivity index is 1.55. The van der Waals surface area contributed by atoms with Crippen molar-refractivity contribution in [1.82, 2.24) is 20.2 Å². The highest BCUT2D eigenvalue weighted by molar-refractivity contribution is 5.92. The van der Waals surface area contributed by atoms with Crippen molar-refractivity contribution in [3.05, 3.63) is 23.9 Å². The normalized spacial score (nSPS) is 29.8. The Morgan fingerprint density at radius 1 is 1.04 bits per heavy atom. The number of carbonyl (C=O) groups excluding carboxylic acids is 3. The van der Waals surface area contributed by atoms with Crippen LogP contribution in [-0.2, 0) is 20.7 Å². The van der Waals surface area contributed by atoms with Crippen LogP contribution >= 0.6 is 0 Å². The number of methoxy groups -OCH3 is 1. The second kappa shape index (κ2) is 14.1. The van der Waals surface area contributed by atoms with Crippen LogP contribution in [0.5, 0.6) is 11.6 Å². The van der Waals surface area contributed by atoms with E-state index < -0.39 is 29.7 Å². The Morgan fingerprint density at radius 2 is 1.80 bits per heavy atom. The van der Waals surface area contributed by atoms with Gasteiger partial charge in [-0.25, -0.2) is 14.8 Å². The van der Waals surface area contributed by atoms with E-state index in [2.05, 4.69) is 12.2 Å². The molecular formula is C36H52N4O6. The maximum atomic E-state index is 14.4. The molecule has 0 radical (unpaired) electrons. The molecule has 1 aromatic heterocycles. The number of aryl methyl sites for hydroxylation is 1. The standard InChI is InChI=1S/C36H52N4O6/c1-8-25-29-20-40(30(25)22(3)41)34(42)32(36(4,5)6)39-35(43)46-31-21(2)13-12-15-23(31)14-10-9-11-16-27-33(45-29)38-28-19-24(44-7)17-18-26(28)37-27/h17-19,21,23,25,29-32H,8-16,20H2,1-7H3,(H,39,43)/t21-,23-,25-,29+,30-,31-,32-/m1/s1. The van der Waals surface area contributed by atoms with Crippen LogP contribution in [0.2, 0.25) is 0 Å². The SMILES string of the molecule is CC[C@@H]1[C@@H]2CN(C(=O)[C@H](C(C)(C)C)NC(=O)O[C@H]3[C@H](CCCCCc4nc5ccc(OC)cc5nc4O2)CCC[C@H]3C)[C@@H]1C(C)=O. The highest BCUT2D eigenvalue weighted by Crippen LogP contribution is 2.37. The monoisotopic (exact) mass is 636 g/mol. The summed E-state index contributed by atoms with van der Waals surface area (Å²) in [5.41, 5.74) is 1.58. The first-order valence-electron chi connectivity index (χ1n) is 17.2. The molecule has 3 heterocycles. The first-order valence-corrected chi connectivity index (χ1v) is 17.2. The van der Waals surface area contributed by atoms with Crippen LogP contribution in [0.1, 0.15) is 98.6 Å². The van der Waals surface area contributed by atoms with Gasteiger partial charge in [-0.15, -0.1) is 0 Å². The minimum Gasteiger partial charge on any atom is -0.497 e. The van der Waals surface area contributed by atoms with Crippen molar-refractivity contribution >= 4 is 28.8 Å². The van der Waals surface area contributed by atoms with Gasteiger partial charge in [-0.05, 0) is 74.8 Å². The Kier molecular flexibility index (Phi) is 10.4. The molecule has 2 fully saturated rings. The molecule has 10 heteroatoms. The number of hydrogen-bond donors (Lipinski definition) is 1. The van der Waals surface area contributed by atoms with E-state index in [0.29, 0.717) is 30.0 Å². The molecule has 1 N–H and O–H groups in total. The summed E-state index contributed by atoms with van der Waals surface area (Å²) in [5.74, 6) is 0.971. The molecule has 2 aliphatic heterocycles. The smallest absolute Gasteiger partial charge is 0.408 e. The lowest BCUT2D eigenvalue weighted by Gasteiger charge is -2.38. The van der Waals surface area contributed by atoms with Gasteiger partial charge in [0.25, 0.3) is 0 Å². The zero-order chi connectivity index (χ0) is 33.2. The Labute approximate surface area is 273 Å². The number of ether oxygens (including phenoxy) is 3. The molecule has 1 saturated heterocycles. The predicted octanol–water partition coefficient (Wildman–Crippen LogP) is 6.27. The third-order valence-corrected chi connectivity index (χ3v) is 10.3. The summed E-state index contributed by atoms with van der Waals surface area (Å²) in [6, 6.07) is 4.06. The van der Waals surface area contributed by atoms with Crippen molar-refractivity contribution in [3.63, 3.8) is 0 Å². The van der Waals surface area contributed by atoms with Crippen LogP contribution in [-0.4, -0.2) is 70.6 Å². The van der Waals surface area contributed by atoms with Gasteiger partial charge < -0.3 is 24.4 Å². The molecule has 0 spiro atoms. The number of aromatic nitrogens is 2. The molecule has 7 atom stereocenters. The fourth-order valence-electron chi connectivity index (χ4n) is 7.80. The van der Waals surface area contributed by atoms with Crippen LogP contribution in [0.4, 0.5) is 4.79 Å². The molecule has 1 aromatic carbocycles. The number of nitrogens with one attached hydrogen (secondary N) is 1. The Hall–Kier alpha value is -3.43. The summed E-state index contributed by atoms with van der Waals surface area (Å²) >= 11 is 0. The number of hydrogen-bond acceptors (Lipinski definition) is 8. The quantitative estimate of drug-likeness (QED) is 0.419. The third kappa shape index (κ3) is 7.26. The first-order chi connectivity index (χ1) is 21.9. The van der Waals surface area contributed by atoms with Gasteiger partial charge in [0.15, 0.2) is 5.78 Å². The lowest BCUT2D eigenvalue weighted by molar-refractivity contribution is -0.141. The number of alkyl carbamates (subject to hydrolysis) is 1. The van der Waals surface area contributed by atoms with Crippen LogP contribution in [0.3, 0.4) is 0 Å². The summed E-state index contributed by atoms with van der Waals surface area (Å²) in [7, 11) is 1.62. The minimum absolute atomic E-state index is 0.110. The third-order valence-electron chi connectivity index (χ3n) is 10.3. The highest BCUT2D eigenvalue weighted by Gasteiger charge is 2.50. The second-order valence-electron chi connectivity index (χ2n) is 14.7. The van der Waals surface area contributed by atoms with Gasteiger partial charge >= 0.3 is 6.09 Å². The van der Waals surface area contributed by atoms with E-state index in [-0.39, 0.29) is 42.1 Å². The van der Waals surface area contributed by atoms with Crippen LogP contribution in [0.25, 0.3) is 11.0 Å². The van der Waals surface area contributed by atoms with Crippen molar-refractivity contribution in [2.75, 3.05) is 13.7 Å². The van der Waals surface area contributed by atoms with Crippen LogP contribution in [0.15, 0.2) is 18.2 Å². The number of Topliss-reactive ketones (excluding diaryl/α,β-unsaturated/α-hetero) is 1. The van der Waals surface area contributed by atoms with E-state index in [4.69, 9.17) is 24.2 Å². The summed E-state index contributed by atoms with van der Waals surface area (Å²) < 4.78 is 18.3. The molecule has 2 aromatic rings. The van der Waals surface area contributed by atoms with Crippen molar-refractivity contribution in [2.24, 2.45) is 23.2 Å². The van der Waals surface area contributed by atoms with Crippen molar-refractivity contribution in [3.8, 4) is 11.6 Å². The van der Waals surface area contributed by atoms with Gasteiger partial charge in [0.2, 0.25) is 11.8 Å². The first kappa shape index (κ1) is 33.9. The number of rotatable bonds is 3. The fourth-order valence-corrected chi connectivity index (χ4v) is 7.80. The zero-order valence-corrected chi connectivity index (χ0v) is 28.6. The van der Waals surface area contributed by atoms with Gasteiger partial charge in [0.05, 0.1) is 30.7 Å². The molecular weight excluding hydrogens is 584 g/mol. The maximum absolute atomic E-state index is 14.4. The number of nitrogens with zero attached hydrogens (tertiary/aromatic N) is 3. The Morgan fingerprint density at radius 3 is 2.50 bits per heavy atom. The van der Waals surface area contributed by atoms with Crippen molar-refractivity contribution in [2.45, 2.75) is 124 Å². The molecule has 2 amide bonds. The number of benzene rings is 1. The Bertz CT molecular complexity index is 1420. The van der Waals surface area contributed by atoms with Crippen molar-refractivity contribution < 1.29 is 28.6 Å². The molecule has 1 aliphatic carbocycles. The molecule has 10 nitrogen and oxygen atoms in total. The van der Waals surface area contributed by atoms with E-state index in [1.807, 2.05) is 45.9 Å². The van der Waals surface area contributed by atoms with E-state index in [9.17, 15) is 14.4 Å². The topological polar surface area (TPSA) is 120 Å². The lowest BCUT2D eigenvalue weighted by atomic mass is 9.77. The number of carbonyl (C=O) groups is 3. The van der Waals surface area contributed by atoms with Crippen molar-refractivity contribution in [1.29, 1.82) is 0 Å². The maximum Gasteiger partial charge on any atom is 0.408 e. The largest absolute Gasteiger partial charge is 0.497 e. The highest BCUT2D eigenvalue weighted by atomic mass is 16.6. The lowest BCUT2D eigenvalue weighted by Crippen LogP contribution is -2.57. The van der Waals surface area contributed by atoms with Gasteiger partial charge in [0, 0.05) is 12.0 Å². The average Bonchev–Trinajstić information content (AvgIpc) is 3.38. The van der Waals surface area contributed by atoms with E-state index in [0.717, 1.165) is 56.2 Å². The van der Waals surface area contributed by atoms with Crippen LogP contribution < -0.4 is 14.8 Å². The van der Waals surface area contributed by atoms with E-state index >= 15 is 0 Å². The van der Waals surface area contributed by atoms with E-state index in [1.54, 1.807) is 12.0 Å². The van der Waals surface area contributed by atoms with Gasteiger partial charge in [-0.1, -0.05) is 53.9 Å². The average molecular weight is 637 g/mol. The molecule has 1 saturated carbocycles. The van der Waals surface area contributed by atoms with Gasteiger partial charge in [0.1, 0.15) is 29.7 Å². The fraction of sp³-hybridized carbons (Fsp3) is 0.694. The van der Waals surface area contributed by atoms with Gasteiger partial charge in [-0.2, -0.15) is 0 Å². The summed E-state index contributed by atoms with van der Waals surface area (Å²) in [6.45, 7) is 11.7. The van der Waals surface area contributed by atoms with Gasteiger partial charge in [-0.3, -0.25) is 9.59 Å². The number of amides is 2. The molecule has 0 unspecified atom stereocenters. The van der Waals surface area contributed by atoms with E-state index in [1.165, 1.54) is 6.92 Å². The number of fused-ring (bicyclic) bond motifs is 5. The minimum atomic E-state index is -0.891. The molecule has 252 valence electrons. The number of ketones is 1. The summed E-state index contributed by atoms with van der Waals surface area (Å²) in [5, 5.41) is 2.95. The van der Waals surface area contributed by atoms with Crippen LogP contribution in [0, 0.1) is 23.2 Å². The molecule has 46 heavy (non-hydrogen) atoms. The molecule has 3 aliphatic rings. The zero-order valence-electron chi connectivity index (χ0n) is 28.6. The summed E-state index contributed by atoms with van der Waals surface area (Å²) in [6.07, 6.45) is 7.15. The predicted molar refractivity (Wildman–Crippen MR) is 176 cm³/mol. The molecule has 5 rings (SSSR count). The second-order valence-corrected chi connectivity index (χ2v) is 14.7. The molecule has 2 bridgehead atoms.